The summed E-state index contributed by atoms with van der Waals surface area (Å²) in [5.74, 6) is 0.318. The monoisotopic (exact) mass is 223 g/mol. The van der Waals surface area contributed by atoms with Crippen molar-refractivity contribution < 1.29 is 5.11 Å². The first-order valence-electron chi connectivity index (χ1n) is 5.65. The number of rotatable bonds is 2. The number of para-hydroxylation sites is 1. The molecule has 0 spiro atoms. The lowest BCUT2D eigenvalue weighted by molar-refractivity contribution is 0.474. The highest BCUT2D eigenvalue weighted by atomic mass is 16.3. The summed E-state index contributed by atoms with van der Waals surface area (Å²) < 4.78 is 2.18. The summed E-state index contributed by atoms with van der Waals surface area (Å²) in [6.45, 7) is 0.780. The van der Waals surface area contributed by atoms with Gasteiger partial charge in [-0.3, -0.25) is 0 Å². The van der Waals surface area contributed by atoms with Crippen LogP contribution in [0, 0.1) is 0 Å². The van der Waals surface area contributed by atoms with Crippen LogP contribution in [0.3, 0.4) is 0 Å². The highest BCUT2D eigenvalue weighted by Crippen LogP contribution is 2.18. The maximum Gasteiger partial charge on any atom is 0.115 e. The van der Waals surface area contributed by atoms with E-state index in [1.807, 2.05) is 24.3 Å². The molecule has 2 heteroatoms. The van der Waals surface area contributed by atoms with E-state index in [1.54, 1.807) is 12.1 Å². The smallest absolute Gasteiger partial charge is 0.115 e. The molecule has 0 aliphatic heterocycles. The molecule has 1 N–H and O–H groups in total. The van der Waals surface area contributed by atoms with Crippen molar-refractivity contribution in [1.29, 1.82) is 0 Å². The summed E-state index contributed by atoms with van der Waals surface area (Å²) in [6, 6.07) is 17.8. The molecule has 0 fully saturated rings. The van der Waals surface area contributed by atoms with Gasteiger partial charge in [-0.2, -0.15) is 0 Å². The Labute approximate surface area is 99.7 Å². The molecule has 0 atom stereocenters. The molecule has 3 aromatic rings. The number of aromatic nitrogens is 1. The first kappa shape index (κ1) is 9.97. The average Bonchev–Trinajstić information content (AvgIpc) is 2.73. The van der Waals surface area contributed by atoms with Crippen molar-refractivity contribution in [2.24, 2.45) is 0 Å². The van der Waals surface area contributed by atoms with Gasteiger partial charge in [0.1, 0.15) is 5.75 Å². The van der Waals surface area contributed by atoms with Crippen molar-refractivity contribution >= 4 is 10.9 Å². The van der Waals surface area contributed by atoms with Crippen LogP contribution in [-0.4, -0.2) is 9.67 Å². The summed E-state index contributed by atoms with van der Waals surface area (Å²) in [4.78, 5) is 0. The zero-order chi connectivity index (χ0) is 11.7. The summed E-state index contributed by atoms with van der Waals surface area (Å²) in [6.07, 6.45) is 2.08. The van der Waals surface area contributed by atoms with E-state index in [4.69, 9.17) is 0 Å². The fourth-order valence-electron chi connectivity index (χ4n) is 2.13. The van der Waals surface area contributed by atoms with Gasteiger partial charge in [0.05, 0.1) is 0 Å². The van der Waals surface area contributed by atoms with Crippen molar-refractivity contribution in [2.45, 2.75) is 6.54 Å². The van der Waals surface area contributed by atoms with Crippen LogP contribution < -0.4 is 0 Å². The van der Waals surface area contributed by atoms with Crippen molar-refractivity contribution in [3.63, 3.8) is 0 Å². The molecule has 0 saturated heterocycles. The first-order chi connectivity index (χ1) is 8.33. The number of phenols is 1. The van der Waals surface area contributed by atoms with E-state index >= 15 is 0 Å². The lowest BCUT2D eigenvalue weighted by Crippen LogP contribution is -1.97. The van der Waals surface area contributed by atoms with Crippen LogP contribution in [-0.2, 0) is 6.54 Å². The molecule has 3 rings (SSSR count). The highest BCUT2D eigenvalue weighted by molar-refractivity contribution is 5.80. The zero-order valence-corrected chi connectivity index (χ0v) is 9.38. The van der Waals surface area contributed by atoms with Gasteiger partial charge in [-0.1, -0.05) is 30.3 Å². The molecule has 0 bridgehead atoms. The maximum atomic E-state index is 9.45. The number of hydrogen-bond acceptors (Lipinski definition) is 1. The summed E-state index contributed by atoms with van der Waals surface area (Å²) in [5.41, 5.74) is 2.32. The van der Waals surface area contributed by atoms with E-state index in [-0.39, 0.29) is 0 Å². The third kappa shape index (κ3) is 1.89. The Morgan fingerprint density at radius 3 is 2.71 bits per heavy atom. The predicted octanol–water partition coefficient (Wildman–Crippen LogP) is 3.40. The number of phenolic OH excluding ortho intramolecular Hbond substituents is 1. The van der Waals surface area contributed by atoms with E-state index in [9.17, 15) is 5.11 Å². The Balaban J connectivity index is 2.00. The summed E-state index contributed by atoms with van der Waals surface area (Å²) >= 11 is 0. The van der Waals surface area contributed by atoms with E-state index in [1.165, 1.54) is 10.9 Å². The Bertz CT molecular complexity index is 655. The molecule has 17 heavy (non-hydrogen) atoms. The Hall–Kier alpha value is -2.22. The van der Waals surface area contributed by atoms with Crippen molar-refractivity contribution in [3.8, 4) is 5.75 Å². The van der Waals surface area contributed by atoms with Gasteiger partial charge in [0, 0.05) is 18.3 Å². The summed E-state index contributed by atoms with van der Waals surface area (Å²) in [5, 5.41) is 10.7. The quantitative estimate of drug-likeness (QED) is 0.707. The van der Waals surface area contributed by atoms with Crippen molar-refractivity contribution in [2.75, 3.05) is 0 Å². The fourth-order valence-corrected chi connectivity index (χ4v) is 2.13. The van der Waals surface area contributed by atoms with E-state index in [0.29, 0.717) is 5.75 Å². The second-order valence-corrected chi connectivity index (χ2v) is 4.17. The number of fused-ring (bicyclic) bond motifs is 1. The van der Waals surface area contributed by atoms with Gasteiger partial charge in [0.15, 0.2) is 0 Å². The highest BCUT2D eigenvalue weighted by Gasteiger charge is 2.01. The van der Waals surface area contributed by atoms with Gasteiger partial charge in [-0.25, -0.2) is 0 Å². The fraction of sp³-hybridized carbons (Fsp3) is 0.0667. The standard InChI is InChI=1S/C15H13NO/c17-14-6-3-4-12(10-14)11-16-9-8-13-5-1-2-7-15(13)16/h1-10,17H,11H2. The van der Waals surface area contributed by atoms with Gasteiger partial charge < -0.3 is 9.67 Å². The lowest BCUT2D eigenvalue weighted by atomic mass is 10.2. The molecule has 2 aromatic carbocycles. The first-order valence-corrected chi connectivity index (χ1v) is 5.65. The topological polar surface area (TPSA) is 25.2 Å². The number of aromatic hydroxyl groups is 1. The molecule has 0 saturated carbocycles. The maximum absolute atomic E-state index is 9.45. The minimum atomic E-state index is 0.318. The van der Waals surface area contributed by atoms with Gasteiger partial charge in [0.25, 0.3) is 0 Å². The van der Waals surface area contributed by atoms with E-state index in [2.05, 4.69) is 29.0 Å². The third-order valence-corrected chi connectivity index (χ3v) is 2.94. The molecule has 0 aliphatic rings. The lowest BCUT2D eigenvalue weighted by Gasteiger charge is -2.06. The van der Waals surface area contributed by atoms with Crippen LogP contribution in [0.2, 0.25) is 0 Å². The molecule has 84 valence electrons. The molecule has 2 nitrogen and oxygen atoms in total. The molecular weight excluding hydrogens is 210 g/mol. The Morgan fingerprint density at radius 2 is 1.82 bits per heavy atom. The van der Waals surface area contributed by atoms with Crippen LogP contribution in [0.4, 0.5) is 0 Å². The minimum absolute atomic E-state index is 0.318. The van der Waals surface area contributed by atoms with E-state index < -0.39 is 0 Å². The van der Waals surface area contributed by atoms with Crippen molar-refractivity contribution in [3.05, 3.63) is 66.4 Å². The number of benzene rings is 2. The predicted molar refractivity (Wildman–Crippen MR) is 69.1 cm³/mol. The minimum Gasteiger partial charge on any atom is -0.508 e. The van der Waals surface area contributed by atoms with Crippen LogP contribution in [0.25, 0.3) is 10.9 Å². The van der Waals surface area contributed by atoms with Crippen LogP contribution >= 0.6 is 0 Å². The third-order valence-electron chi connectivity index (χ3n) is 2.94. The molecule has 0 amide bonds. The van der Waals surface area contributed by atoms with Crippen LogP contribution in [0.15, 0.2) is 60.8 Å². The second-order valence-electron chi connectivity index (χ2n) is 4.17. The molecule has 0 radical (unpaired) electrons. The Morgan fingerprint density at radius 1 is 0.941 bits per heavy atom. The van der Waals surface area contributed by atoms with Crippen molar-refractivity contribution in [1.82, 2.24) is 4.57 Å². The molecule has 1 heterocycles. The second kappa shape index (κ2) is 3.98. The zero-order valence-electron chi connectivity index (χ0n) is 9.38. The van der Waals surface area contributed by atoms with Gasteiger partial charge in [-0.15, -0.1) is 0 Å². The largest absolute Gasteiger partial charge is 0.508 e. The molecular formula is C15H13NO. The normalized spacial score (nSPS) is 10.8. The van der Waals surface area contributed by atoms with Crippen LogP contribution in [0.5, 0.6) is 5.75 Å². The Kier molecular flexibility index (Phi) is 2.33. The summed E-state index contributed by atoms with van der Waals surface area (Å²) in [7, 11) is 0. The van der Waals surface area contributed by atoms with Crippen LogP contribution in [0.1, 0.15) is 5.56 Å². The van der Waals surface area contributed by atoms with E-state index in [0.717, 1.165) is 12.1 Å². The molecule has 1 aromatic heterocycles. The van der Waals surface area contributed by atoms with Gasteiger partial charge in [0.2, 0.25) is 0 Å². The molecule has 0 unspecified atom stereocenters. The molecule has 0 aliphatic carbocycles. The SMILES string of the molecule is Oc1cccc(Cn2ccc3ccccc32)c1. The average molecular weight is 223 g/mol. The van der Waals surface area contributed by atoms with Gasteiger partial charge >= 0.3 is 0 Å². The number of hydrogen-bond donors (Lipinski definition) is 1. The van der Waals surface area contributed by atoms with Gasteiger partial charge in [-0.05, 0) is 35.2 Å². The number of nitrogens with zero attached hydrogens (tertiary/aromatic N) is 1.